The molecule has 1 aromatic rings. The Balaban J connectivity index is 1.50. The summed E-state index contributed by atoms with van der Waals surface area (Å²) in [6.45, 7) is 7.09. The summed E-state index contributed by atoms with van der Waals surface area (Å²) in [4.78, 5) is 17.0. The summed E-state index contributed by atoms with van der Waals surface area (Å²) in [7, 11) is 0. The average Bonchev–Trinajstić information content (AvgIpc) is 3.12. The molecule has 134 valence electrons. The van der Waals surface area contributed by atoms with Crippen molar-refractivity contribution >= 4 is 5.91 Å². The van der Waals surface area contributed by atoms with Crippen molar-refractivity contribution in [3.63, 3.8) is 0 Å². The first-order chi connectivity index (χ1) is 12.1. The van der Waals surface area contributed by atoms with Gasteiger partial charge < -0.3 is 9.64 Å². The van der Waals surface area contributed by atoms with Crippen LogP contribution in [0.3, 0.4) is 0 Å². The zero-order chi connectivity index (χ0) is 17.8. The van der Waals surface area contributed by atoms with E-state index in [1.807, 2.05) is 43.0 Å². The smallest absolute Gasteiger partial charge is 0.263 e. The van der Waals surface area contributed by atoms with Crippen LogP contribution in [0.5, 0.6) is 5.75 Å². The molecule has 3 atom stereocenters. The van der Waals surface area contributed by atoms with Crippen molar-refractivity contribution in [1.29, 1.82) is 5.26 Å². The predicted octanol–water partition coefficient (Wildman–Crippen LogP) is 2.60. The summed E-state index contributed by atoms with van der Waals surface area (Å²) < 4.78 is 5.87. The highest BCUT2D eigenvalue weighted by Crippen LogP contribution is 2.29. The van der Waals surface area contributed by atoms with Crippen molar-refractivity contribution in [3.8, 4) is 11.8 Å². The maximum absolute atomic E-state index is 12.7. The van der Waals surface area contributed by atoms with E-state index >= 15 is 0 Å². The molecule has 0 radical (unpaired) electrons. The highest BCUT2D eigenvalue weighted by Gasteiger charge is 2.33. The molecular weight excluding hydrogens is 314 g/mol. The lowest BCUT2D eigenvalue weighted by molar-refractivity contribution is -0.140. The molecule has 1 aliphatic heterocycles. The normalized spacial score (nSPS) is 25.4. The van der Waals surface area contributed by atoms with Gasteiger partial charge in [0, 0.05) is 38.1 Å². The lowest BCUT2D eigenvalue weighted by Gasteiger charge is -2.38. The van der Waals surface area contributed by atoms with Gasteiger partial charge in [-0.3, -0.25) is 9.69 Å². The number of para-hydroxylation sites is 1. The van der Waals surface area contributed by atoms with E-state index in [4.69, 9.17) is 10.00 Å². The zero-order valence-electron chi connectivity index (χ0n) is 15.1. The fraction of sp³-hybridized carbons (Fsp3) is 0.600. The van der Waals surface area contributed by atoms with E-state index in [1.165, 1.54) is 0 Å². The third kappa shape index (κ3) is 4.13. The average molecular weight is 341 g/mol. The Kier molecular flexibility index (Phi) is 5.60. The molecule has 0 N–H and O–H groups in total. The molecule has 5 heteroatoms. The Morgan fingerprint density at radius 2 is 1.96 bits per heavy atom. The minimum absolute atomic E-state index is 0.0595. The number of hydrogen-bond donors (Lipinski definition) is 0. The Labute approximate surface area is 150 Å². The first-order valence-corrected chi connectivity index (χ1v) is 9.23. The molecule has 1 saturated heterocycles. The fourth-order valence-corrected chi connectivity index (χ4v) is 3.90. The molecule has 1 saturated carbocycles. The maximum atomic E-state index is 12.7. The monoisotopic (exact) mass is 341 g/mol. The van der Waals surface area contributed by atoms with Gasteiger partial charge in [-0.25, -0.2) is 0 Å². The highest BCUT2D eigenvalue weighted by molar-refractivity contribution is 5.81. The Hall–Kier alpha value is -2.06. The number of aryl methyl sites for hydroxylation is 1. The van der Waals surface area contributed by atoms with Gasteiger partial charge in [0.2, 0.25) is 0 Å². The van der Waals surface area contributed by atoms with Gasteiger partial charge in [0.1, 0.15) is 5.75 Å². The van der Waals surface area contributed by atoms with Crippen molar-refractivity contribution < 1.29 is 9.53 Å². The van der Waals surface area contributed by atoms with Crippen LogP contribution in [0.15, 0.2) is 24.3 Å². The standard InChI is InChI=1S/C20H27N3O2/c1-15-5-3-4-6-19(15)25-16(2)20(24)23-11-9-22(10-12-23)18-8-7-17(13-18)14-21/h3-6,16-18H,7-13H2,1-2H3. The van der Waals surface area contributed by atoms with Crippen LogP contribution in [0, 0.1) is 24.2 Å². The Morgan fingerprint density at radius 3 is 2.60 bits per heavy atom. The number of carbonyl (C=O) groups is 1. The molecule has 0 aromatic heterocycles. The van der Waals surface area contributed by atoms with Gasteiger partial charge in [-0.1, -0.05) is 18.2 Å². The zero-order valence-corrected chi connectivity index (χ0v) is 15.1. The summed E-state index contributed by atoms with van der Waals surface area (Å²) in [5.41, 5.74) is 1.04. The minimum atomic E-state index is -0.470. The molecule has 2 fully saturated rings. The molecule has 1 amide bonds. The fourth-order valence-electron chi connectivity index (χ4n) is 3.90. The largest absolute Gasteiger partial charge is 0.481 e. The molecule has 3 unspecified atom stereocenters. The number of carbonyl (C=O) groups excluding carboxylic acids is 1. The summed E-state index contributed by atoms with van der Waals surface area (Å²) in [5.74, 6) is 1.05. The van der Waals surface area contributed by atoms with Gasteiger partial charge in [-0.15, -0.1) is 0 Å². The van der Waals surface area contributed by atoms with Crippen molar-refractivity contribution in [2.24, 2.45) is 5.92 Å². The van der Waals surface area contributed by atoms with Gasteiger partial charge in [0.15, 0.2) is 6.10 Å². The molecule has 1 aromatic carbocycles. The number of nitrogens with zero attached hydrogens (tertiary/aromatic N) is 3. The number of piperazine rings is 1. The summed E-state index contributed by atoms with van der Waals surface area (Å²) in [6.07, 6.45) is 2.64. The van der Waals surface area contributed by atoms with Crippen LogP contribution < -0.4 is 4.74 Å². The molecule has 1 aliphatic carbocycles. The second kappa shape index (κ2) is 7.88. The number of nitriles is 1. The quantitative estimate of drug-likeness (QED) is 0.845. The molecule has 25 heavy (non-hydrogen) atoms. The van der Waals surface area contributed by atoms with Crippen LogP contribution in [0.2, 0.25) is 0 Å². The van der Waals surface area contributed by atoms with Gasteiger partial charge in [0.05, 0.1) is 6.07 Å². The second-order valence-corrected chi connectivity index (χ2v) is 7.18. The maximum Gasteiger partial charge on any atom is 0.263 e. The molecule has 2 aliphatic rings. The summed E-state index contributed by atoms with van der Waals surface area (Å²) in [6, 6.07) is 10.7. The number of amides is 1. The third-order valence-electron chi connectivity index (χ3n) is 5.47. The Morgan fingerprint density at radius 1 is 1.24 bits per heavy atom. The van der Waals surface area contributed by atoms with Crippen LogP contribution in [0.4, 0.5) is 0 Å². The summed E-state index contributed by atoms with van der Waals surface area (Å²) >= 11 is 0. The second-order valence-electron chi connectivity index (χ2n) is 7.18. The molecular formula is C20H27N3O2. The summed E-state index contributed by atoms with van der Waals surface area (Å²) in [5, 5.41) is 9.06. The van der Waals surface area contributed by atoms with Crippen LogP contribution in [0.1, 0.15) is 31.7 Å². The van der Waals surface area contributed by atoms with E-state index < -0.39 is 6.10 Å². The van der Waals surface area contributed by atoms with E-state index in [0.29, 0.717) is 6.04 Å². The van der Waals surface area contributed by atoms with Crippen LogP contribution in [-0.4, -0.2) is 54.0 Å². The van der Waals surface area contributed by atoms with Crippen molar-refractivity contribution in [1.82, 2.24) is 9.80 Å². The van der Waals surface area contributed by atoms with Crippen molar-refractivity contribution in [3.05, 3.63) is 29.8 Å². The van der Waals surface area contributed by atoms with Crippen LogP contribution in [0.25, 0.3) is 0 Å². The van der Waals surface area contributed by atoms with Gasteiger partial charge in [-0.05, 0) is 44.7 Å². The van der Waals surface area contributed by atoms with Gasteiger partial charge >= 0.3 is 0 Å². The highest BCUT2D eigenvalue weighted by atomic mass is 16.5. The predicted molar refractivity (Wildman–Crippen MR) is 96.2 cm³/mol. The van der Waals surface area contributed by atoms with Gasteiger partial charge in [-0.2, -0.15) is 5.26 Å². The lowest BCUT2D eigenvalue weighted by atomic mass is 10.1. The number of benzene rings is 1. The van der Waals surface area contributed by atoms with Gasteiger partial charge in [0.25, 0.3) is 5.91 Å². The van der Waals surface area contributed by atoms with Crippen molar-refractivity contribution in [2.45, 2.75) is 45.3 Å². The molecule has 1 heterocycles. The molecule has 5 nitrogen and oxygen atoms in total. The first kappa shape index (κ1) is 17.8. The third-order valence-corrected chi connectivity index (χ3v) is 5.47. The SMILES string of the molecule is Cc1ccccc1OC(C)C(=O)N1CCN(C2CCC(C#N)C2)CC1. The van der Waals surface area contributed by atoms with E-state index in [-0.39, 0.29) is 11.8 Å². The molecule has 3 rings (SSSR count). The Bertz CT molecular complexity index is 647. The minimum Gasteiger partial charge on any atom is -0.481 e. The van der Waals surface area contributed by atoms with E-state index in [0.717, 1.165) is 56.8 Å². The lowest BCUT2D eigenvalue weighted by Crippen LogP contribution is -2.53. The topological polar surface area (TPSA) is 56.6 Å². The molecule has 0 spiro atoms. The number of ether oxygens (including phenoxy) is 1. The van der Waals surface area contributed by atoms with Crippen LogP contribution in [-0.2, 0) is 4.79 Å². The first-order valence-electron chi connectivity index (χ1n) is 9.23. The van der Waals surface area contributed by atoms with E-state index in [2.05, 4.69) is 11.0 Å². The molecule has 0 bridgehead atoms. The van der Waals surface area contributed by atoms with E-state index in [1.54, 1.807) is 0 Å². The van der Waals surface area contributed by atoms with Crippen LogP contribution >= 0.6 is 0 Å². The van der Waals surface area contributed by atoms with E-state index in [9.17, 15) is 4.79 Å². The van der Waals surface area contributed by atoms with Crippen molar-refractivity contribution in [2.75, 3.05) is 26.2 Å². The number of rotatable bonds is 4. The number of hydrogen-bond acceptors (Lipinski definition) is 4.